The highest BCUT2D eigenvalue weighted by Gasteiger charge is 2.11. The smallest absolute Gasteiger partial charge is 0.121 e. The van der Waals surface area contributed by atoms with Gasteiger partial charge in [0.2, 0.25) is 0 Å². The highest BCUT2D eigenvalue weighted by molar-refractivity contribution is 5.89. The van der Waals surface area contributed by atoms with E-state index in [-0.39, 0.29) is 0 Å². The molecule has 3 aromatic rings. The topological polar surface area (TPSA) is 48.8 Å². The van der Waals surface area contributed by atoms with Gasteiger partial charge in [0.05, 0.1) is 5.69 Å². The number of nitrogen functional groups attached to an aromatic ring is 1. The summed E-state index contributed by atoms with van der Waals surface area (Å²) in [6, 6.07) is 8.35. The Hall–Kier alpha value is -2.23. The van der Waals surface area contributed by atoms with E-state index in [1.807, 2.05) is 13.1 Å². The van der Waals surface area contributed by atoms with E-state index < -0.39 is 0 Å². The predicted molar refractivity (Wildman–Crippen MR) is 79.0 cm³/mol. The molecule has 0 saturated carbocycles. The first kappa shape index (κ1) is 11.8. The maximum atomic E-state index is 5.85. The van der Waals surface area contributed by atoms with Crippen LogP contribution in [0.1, 0.15) is 11.3 Å². The lowest BCUT2D eigenvalue weighted by Gasteiger charge is -2.00. The van der Waals surface area contributed by atoms with Crippen molar-refractivity contribution in [3.63, 3.8) is 0 Å². The van der Waals surface area contributed by atoms with E-state index in [1.54, 1.807) is 4.68 Å². The summed E-state index contributed by atoms with van der Waals surface area (Å²) in [7, 11) is 3.96. The SMILES string of the molecule is Cc1c(C)n(C)c2ccc(-c3cc(N)n(C)n3)cc12. The van der Waals surface area contributed by atoms with Crippen molar-refractivity contribution in [1.82, 2.24) is 14.3 Å². The van der Waals surface area contributed by atoms with Crippen molar-refractivity contribution in [2.24, 2.45) is 14.1 Å². The Labute approximate surface area is 112 Å². The Kier molecular flexibility index (Phi) is 2.42. The van der Waals surface area contributed by atoms with Crippen molar-refractivity contribution in [2.75, 3.05) is 5.73 Å². The number of nitrogens with zero attached hydrogens (tertiary/aromatic N) is 3. The van der Waals surface area contributed by atoms with Crippen LogP contribution in [0.5, 0.6) is 0 Å². The van der Waals surface area contributed by atoms with Crippen molar-refractivity contribution >= 4 is 16.7 Å². The molecular weight excluding hydrogens is 236 g/mol. The largest absolute Gasteiger partial charge is 0.384 e. The summed E-state index contributed by atoms with van der Waals surface area (Å²) < 4.78 is 3.92. The molecule has 0 atom stereocenters. The quantitative estimate of drug-likeness (QED) is 0.726. The first-order valence-electron chi connectivity index (χ1n) is 6.34. The maximum Gasteiger partial charge on any atom is 0.121 e. The summed E-state index contributed by atoms with van der Waals surface area (Å²) in [5.74, 6) is 0.677. The van der Waals surface area contributed by atoms with Gasteiger partial charge in [0, 0.05) is 42.3 Å². The van der Waals surface area contributed by atoms with Crippen LogP contribution in [-0.4, -0.2) is 14.3 Å². The van der Waals surface area contributed by atoms with Crippen molar-refractivity contribution in [3.8, 4) is 11.3 Å². The second kappa shape index (κ2) is 3.88. The number of fused-ring (bicyclic) bond motifs is 1. The van der Waals surface area contributed by atoms with Crippen LogP contribution in [0.25, 0.3) is 22.2 Å². The average molecular weight is 254 g/mol. The Balaban J connectivity index is 2.24. The molecule has 2 heterocycles. The minimum Gasteiger partial charge on any atom is -0.384 e. The molecule has 0 aliphatic rings. The zero-order chi connectivity index (χ0) is 13.7. The Morgan fingerprint density at radius 1 is 1.11 bits per heavy atom. The predicted octanol–water partition coefficient (Wildman–Crippen LogP) is 2.78. The highest BCUT2D eigenvalue weighted by atomic mass is 15.3. The average Bonchev–Trinajstić information content (AvgIpc) is 2.84. The molecule has 98 valence electrons. The highest BCUT2D eigenvalue weighted by Crippen LogP contribution is 2.29. The summed E-state index contributed by atoms with van der Waals surface area (Å²) in [5.41, 5.74) is 11.7. The second-order valence-electron chi connectivity index (χ2n) is 5.08. The lowest BCUT2D eigenvalue weighted by atomic mass is 10.1. The van der Waals surface area contributed by atoms with E-state index in [4.69, 9.17) is 5.73 Å². The zero-order valence-corrected chi connectivity index (χ0v) is 11.7. The van der Waals surface area contributed by atoms with Crippen molar-refractivity contribution in [1.29, 1.82) is 0 Å². The lowest BCUT2D eigenvalue weighted by molar-refractivity contribution is 0.782. The second-order valence-corrected chi connectivity index (χ2v) is 5.08. The molecule has 0 fully saturated rings. The van der Waals surface area contributed by atoms with Gasteiger partial charge >= 0.3 is 0 Å². The maximum absolute atomic E-state index is 5.85. The number of benzene rings is 1. The van der Waals surface area contributed by atoms with Crippen molar-refractivity contribution < 1.29 is 0 Å². The van der Waals surface area contributed by atoms with Crippen molar-refractivity contribution in [3.05, 3.63) is 35.5 Å². The van der Waals surface area contributed by atoms with Gasteiger partial charge in [-0.2, -0.15) is 5.10 Å². The molecule has 0 aliphatic heterocycles. The van der Waals surface area contributed by atoms with Gasteiger partial charge in [0.15, 0.2) is 0 Å². The number of nitrogens with two attached hydrogens (primary N) is 1. The third kappa shape index (κ3) is 1.63. The monoisotopic (exact) mass is 254 g/mol. The Morgan fingerprint density at radius 2 is 1.84 bits per heavy atom. The molecule has 0 amide bonds. The number of aromatic nitrogens is 3. The minimum atomic E-state index is 0.677. The number of aryl methyl sites for hydroxylation is 3. The Morgan fingerprint density at radius 3 is 2.47 bits per heavy atom. The van der Waals surface area contributed by atoms with Gasteiger partial charge < -0.3 is 10.3 Å². The number of rotatable bonds is 1. The molecule has 4 nitrogen and oxygen atoms in total. The Bertz CT molecular complexity index is 758. The fraction of sp³-hybridized carbons (Fsp3) is 0.267. The number of anilines is 1. The van der Waals surface area contributed by atoms with Gasteiger partial charge in [-0.25, -0.2) is 0 Å². The zero-order valence-electron chi connectivity index (χ0n) is 11.7. The molecule has 4 heteroatoms. The van der Waals surface area contributed by atoms with E-state index in [9.17, 15) is 0 Å². The van der Waals surface area contributed by atoms with Gasteiger partial charge in [0.1, 0.15) is 5.82 Å². The van der Waals surface area contributed by atoms with E-state index >= 15 is 0 Å². The molecule has 0 unspecified atom stereocenters. The van der Waals surface area contributed by atoms with Crippen LogP contribution in [0.15, 0.2) is 24.3 Å². The molecule has 0 bridgehead atoms. The molecule has 0 spiro atoms. The summed E-state index contributed by atoms with van der Waals surface area (Å²) in [4.78, 5) is 0. The van der Waals surface area contributed by atoms with Gasteiger partial charge in [0.25, 0.3) is 0 Å². The molecule has 0 radical (unpaired) electrons. The molecule has 2 N–H and O–H groups in total. The molecule has 0 saturated heterocycles. The van der Waals surface area contributed by atoms with Crippen LogP contribution < -0.4 is 5.73 Å². The van der Waals surface area contributed by atoms with Crippen molar-refractivity contribution in [2.45, 2.75) is 13.8 Å². The fourth-order valence-electron chi connectivity index (χ4n) is 2.54. The third-order valence-corrected chi connectivity index (χ3v) is 4.02. The van der Waals surface area contributed by atoms with Crippen LogP contribution in [0.2, 0.25) is 0 Å². The first-order valence-corrected chi connectivity index (χ1v) is 6.34. The van der Waals surface area contributed by atoms with E-state index in [2.05, 4.69) is 48.8 Å². The molecule has 2 aromatic heterocycles. The molecule has 0 aliphatic carbocycles. The van der Waals surface area contributed by atoms with E-state index in [1.165, 1.54) is 22.2 Å². The molecule has 19 heavy (non-hydrogen) atoms. The van der Waals surface area contributed by atoms with Gasteiger partial charge in [-0.3, -0.25) is 4.68 Å². The van der Waals surface area contributed by atoms with Gasteiger partial charge in [-0.15, -0.1) is 0 Å². The summed E-state index contributed by atoms with van der Waals surface area (Å²) in [5, 5.41) is 5.71. The van der Waals surface area contributed by atoms with E-state index in [0.717, 1.165) is 11.3 Å². The molecule has 3 rings (SSSR count). The summed E-state index contributed by atoms with van der Waals surface area (Å²) in [6.45, 7) is 4.31. The van der Waals surface area contributed by atoms with Crippen LogP contribution in [0.4, 0.5) is 5.82 Å². The van der Waals surface area contributed by atoms with Crippen LogP contribution in [0, 0.1) is 13.8 Å². The standard InChI is InChI=1S/C15H18N4/c1-9-10(2)18(3)14-6-5-11(7-12(9)14)13-8-15(16)19(4)17-13/h5-8H,16H2,1-4H3. The van der Waals surface area contributed by atoms with Gasteiger partial charge in [-0.05, 0) is 31.5 Å². The van der Waals surface area contributed by atoms with Crippen LogP contribution in [-0.2, 0) is 14.1 Å². The minimum absolute atomic E-state index is 0.677. The normalized spacial score (nSPS) is 11.4. The van der Waals surface area contributed by atoms with Crippen LogP contribution in [0.3, 0.4) is 0 Å². The fourth-order valence-corrected chi connectivity index (χ4v) is 2.54. The summed E-state index contributed by atoms with van der Waals surface area (Å²) in [6.07, 6.45) is 0. The summed E-state index contributed by atoms with van der Waals surface area (Å²) >= 11 is 0. The first-order chi connectivity index (χ1) is 8.99. The number of hydrogen-bond donors (Lipinski definition) is 1. The lowest BCUT2D eigenvalue weighted by Crippen LogP contribution is -1.96. The molecular formula is C15H18N4. The number of hydrogen-bond acceptors (Lipinski definition) is 2. The van der Waals surface area contributed by atoms with E-state index in [0.29, 0.717) is 5.82 Å². The van der Waals surface area contributed by atoms with Crippen LogP contribution >= 0.6 is 0 Å². The molecule has 1 aromatic carbocycles. The van der Waals surface area contributed by atoms with Gasteiger partial charge in [-0.1, -0.05) is 6.07 Å². The third-order valence-electron chi connectivity index (χ3n) is 4.02.